The van der Waals surface area contributed by atoms with Gasteiger partial charge in [0.05, 0.1) is 0 Å². The van der Waals surface area contributed by atoms with E-state index in [-0.39, 0.29) is 6.03 Å². The Bertz CT molecular complexity index is 324. The second-order valence-electron chi connectivity index (χ2n) is 5.21. The fraction of sp³-hybridized carbons (Fsp3) is 0.643. The lowest BCUT2D eigenvalue weighted by Gasteiger charge is -2.43. The first-order chi connectivity index (χ1) is 8.26. The second-order valence-corrected chi connectivity index (χ2v) is 5.21. The SMILES string of the molecule is C=CCNC(=O)N1CCCC2(CC=CCC2)C1. The van der Waals surface area contributed by atoms with Gasteiger partial charge in [0.1, 0.15) is 0 Å². The molecule has 3 nitrogen and oxygen atoms in total. The van der Waals surface area contributed by atoms with Crippen molar-refractivity contribution in [3.63, 3.8) is 0 Å². The summed E-state index contributed by atoms with van der Waals surface area (Å²) in [5, 5.41) is 2.87. The van der Waals surface area contributed by atoms with Crippen LogP contribution in [-0.2, 0) is 0 Å². The minimum absolute atomic E-state index is 0.0681. The van der Waals surface area contributed by atoms with E-state index >= 15 is 0 Å². The van der Waals surface area contributed by atoms with E-state index < -0.39 is 0 Å². The normalized spacial score (nSPS) is 28.1. The highest BCUT2D eigenvalue weighted by molar-refractivity contribution is 5.74. The van der Waals surface area contributed by atoms with Gasteiger partial charge in [-0.3, -0.25) is 0 Å². The van der Waals surface area contributed by atoms with Crippen molar-refractivity contribution in [2.45, 2.75) is 32.1 Å². The fourth-order valence-electron chi connectivity index (χ4n) is 2.97. The standard InChI is InChI=1S/C14H22N2O/c1-2-10-15-13(17)16-11-6-9-14(12-16)7-4-3-5-8-14/h2-4H,1,5-12H2,(H,15,17). The quantitative estimate of drug-likeness (QED) is 0.732. The molecular formula is C14H22N2O. The van der Waals surface area contributed by atoms with Crippen LogP contribution in [0.2, 0.25) is 0 Å². The van der Waals surface area contributed by atoms with E-state index in [4.69, 9.17) is 0 Å². The summed E-state index contributed by atoms with van der Waals surface area (Å²) in [7, 11) is 0. The number of rotatable bonds is 2. The van der Waals surface area contributed by atoms with Gasteiger partial charge in [-0.25, -0.2) is 4.79 Å². The maximum atomic E-state index is 11.9. The molecule has 0 bridgehead atoms. The number of carbonyl (C=O) groups excluding carboxylic acids is 1. The van der Waals surface area contributed by atoms with Crippen LogP contribution >= 0.6 is 0 Å². The van der Waals surface area contributed by atoms with Crippen molar-refractivity contribution >= 4 is 6.03 Å². The summed E-state index contributed by atoms with van der Waals surface area (Å²) in [6.07, 6.45) is 12.2. The number of hydrogen-bond acceptors (Lipinski definition) is 1. The first kappa shape index (κ1) is 12.2. The minimum atomic E-state index is 0.0681. The molecule has 0 aromatic carbocycles. The van der Waals surface area contributed by atoms with Gasteiger partial charge in [-0.15, -0.1) is 6.58 Å². The van der Waals surface area contributed by atoms with Gasteiger partial charge in [0.2, 0.25) is 0 Å². The third-order valence-corrected chi connectivity index (χ3v) is 3.91. The minimum Gasteiger partial charge on any atom is -0.335 e. The summed E-state index contributed by atoms with van der Waals surface area (Å²) in [4.78, 5) is 13.9. The highest BCUT2D eigenvalue weighted by atomic mass is 16.2. The number of urea groups is 1. The Morgan fingerprint density at radius 3 is 3.06 bits per heavy atom. The Labute approximate surface area is 104 Å². The summed E-state index contributed by atoms with van der Waals surface area (Å²) < 4.78 is 0. The lowest BCUT2D eigenvalue weighted by molar-refractivity contribution is 0.0965. The van der Waals surface area contributed by atoms with E-state index in [0.717, 1.165) is 25.9 Å². The van der Waals surface area contributed by atoms with Crippen LogP contribution in [0, 0.1) is 5.41 Å². The van der Waals surface area contributed by atoms with Crippen molar-refractivity contribution < 1.29 is 4.79 Å². The predicted molar refractivity (Wildman–Crippen MR) is 69.8 cm³/mol. The number of allylic oxidation sites excluding steroid dienone is 2. The summed E-state index contributed by atoms with van der Waals surface area (Å²) in [6, 6.07) is 0.0681. The summed E-state index contributed by atoms with van der Waals surface area (Å²) in [5.74, 6) is 0. The Balaban J connectivity index is 1.94. The third-order valence-electron chi connectivity index (χ3n) is 3.91. The molecule has 1 heterocycles. The number of piperidine rings is 1. The van der Waals surface area contributed by atoms with Crippen LogP contribution in [0.25, 0.3) is 0 Å². The summed E-state index contributed by atoms with van der Waals surface area (Å²) >= 11 is 0. The zero-order valence-electron chi connectivity index (χ0n) is 10.5. The number of nitrogens with one attached hydrogen (secondary N) is 1. The molecule has 1 aliphatic heterocycles. The number of likely N-dealkylation sites (tertiary alicyclic amines) is 1. The van der Waals surface area contributed by atoms with Crippen molar-refractivity contribution in [2.24, 2.45) is 5.41 Å². The molecule has 1 aliphatic carbocycles. The molecule has 2 amide bonds. The average Bonchev–Trinajstić information content (AvgIpc) is 2.37. The number of carbonyl (C=O) groups is 1. The maximum Gasteiger partial charge on any atom is 0.317 e. The lowest BCUT2D eigenvalue weighted by atomic mass is 9.71. The number of nitrogens with zero attached hydrogens (tertiary/aromatic N) is 1. The van der Waals surface area contributed by atoms with Gasteiger partial charge in [-0.05, 0) is 37.5 Å². The molecule has 0 saturated carbocycles. The lowest BCUT2D eigenvalue weighted by Crippen LogP contribution is -2.50. The molecule has 94 valence electrons. The molecule has 17 heavy (non-hydrogen) atoms. The largest absolute Gasteiger partial charge is 0.335 e. The Morgan fingerprint density at radius 1 is 1.47 bits per heavy atom. The van der Waals surface area contributed by atoms with Crippen molar-refractivity contribution in [3.8, 4) is 0 Å². The van der Waals surface area contributed by atoms with Crippen molar-refractivity contribution in [1.29, 1.82) is 0 Å². The average molecular weight is 234 g/mol. The molecule has 1 unspecified atom stereocenters. The molecule has 0 aromatic heterocycles. The van der Waals surface area contributed by atoms with Crippen LogP contribution in [0.15, 0.2) is 24.8 Å². The second kappa shape index (κ2) is 5.39. The Morgan fingerprint density at radius 2 is 2.35 bits per heavy atom. The number of amides is 2. The van der Waals surface area contributed by atoms with Crippen LogP contribution in [0.1, 0.15) is 32.1 Å². The molecule has 3 heteroatoms. The van der Waals surface area contributed by atoms with Crippen LogP contribution in [0.5, 0.6) is 0 Å². The van der Waals surface area contributed by atoms with E-state index in [0.29, 0.717) is 12.0 Å². The van der Waals surface area contributed by atoms with E-state index in [1.165, 1.54) is 19.3 Å². The van der Waals surface area contributed by atoms with Gasteiger partial charge >= 0.3 is 6.03 Å². The first-order valence-corrected chi connectivity index (χ1v) is 6.54. The third kappa shape index (κ3) is 2.90. The number of hydrogen-bond donors (Lipinski definition) is 1. The van der Waals surface area contributed by atoms with Crippen LogP contribution in [-0.4, -0.2) is 30.6 Å². The predicted octanol–water partition coefficient (Wildman–Crippen LogP) is 2.70. The zero-order valence-corrected chi connectivity index (χ0v) is 10.5. The summed E-state index contributed by atoms with van der Waals surface area (Å²) in [6.45, 7) is 5.99. The van der Waals surface area contributed by atoms with Crippen molar-refractivity contribution in [2.75, 3.05) is 19.6 Å². The maximum absolute atomic E-state index is 11.9. The molecule has 1 atom stereocenters. The molecule has 2 rings (SSSR count). The zero-order chi connectivity index (χ0) is 12.1. The van der Waals surface area contributed by atoms with Crippen LogP contribution in [0.4, 0.5) is 4.79 Å². The molecule has 1 spiro atoms. The van der Waals surface area contributed by atoms with Gasteiger partial charge in [0, 0.05) is 19.6 Å². The fourth-order valence-corrected chi connectivity index (χ4v) is 2.97. The van der Waals surface area contributed by atoms with Crippen LogP contribution < -0.4 is 5.32 Å². The van der Waals surface area contributed by atoms with Crippen molar-refractivity contribution in [1.82, 2.24) is 10.2 Å². The highest BCUT2D eigenvalue weighted by Gasteiger charge is 2.36. The van der Waals surface area contributed by atoms with E-state index in [1.54, 1.807) is 6.08 Å². The topological polar surface area (TPSA) is 32.3 Å². The van der Waals surface area contributed by atoms with E-state index in [9.17, 15) is 4.79 Å². The molecule has 1 saturated heterocycles. The van der Waals surface area contributed by atoms with Gasteiger partial charge in [0.25, 0.3) is 0 Å². The molecule has 2 aliphatic rings. The van der Waals surface area contributed by atoms with Crippen LogP contribution in [0.3, 0.4) is 0 Å². The van der Waals surface area contributed by atoms with Gasteiger partial charge in [0.15, 0.2) is 0 Å². The van der Waals surface area contributed by atoms with Crippen molar-refractivity contribution in [3.05, 3.63) is 24.8 Å². The smallest absolute Gasteiger partial charge is 0.317 e. The molecular weight excluding hydrogens is 212 g/mol. The summed E-state index contributed by atoms with van der Waals surface area (Å²) in [5.41, 5.74) is 0.360. The Kier molecular flexibility index (Phi) is 3.87. The molecule has 1 fully saturated rings. The molecule has 1 N–H and O–H groups in total. The monoisotopic (exact) mass is 234 g/mol. The molecule has 0 radical (unpaired) electrons. The van der Waals surface area contributed by atoms with Gasteiger partial charge in [-0.2, -0.15) is 0 Å². The van der Waals surface area contributed by atoms with Gasteiger partial charge in [-0.1, -0.05) is 18.2 Å². The molecule has 0 aromatic rings. The highest BCUT2D eigenvalue weighted by Crippen LogP contribution is 2.40. The Hall–Kier alpha value is -1.25. The van der Waals surface area contributed by atoms with E-state index in [2.05, 4.69) is 24.0 Å². The van der Waals surface area contributed by atoms with Gasteiger partial charge < -0.3 is 10.2 Å². The van der Waals surface area contributed by atoms with E-state index in [1.807, 2.05) is 4.90 Å². The first-order valence-electron chi connectivity index (χ1n) is 6.54.